The van der Waals surface area contributed by atoms with E-state index in [2.05, 4.69) is 34.6 Å². The van der Waals surface area contributed by atoms with Crippen molar-refractivity contribution in [1.29, 1.82) is 0 Å². The van der Waals surface area contributed by atoms with E-state index in [1.807, 2.05) is 0 Å². The molecule has 0 bridgehead atoms. The second-order valence-corrected chi connectivity index (χ2v) is 5.43. The molecule has 0 saturated carbocycles. The Morgan fingerprint density at radius 1 is 0.778 bits per heavy atom. The van der Waals surface area contributed by atoms with Gasteiger partial charge >= 0.3 is 0 Å². The number of hydrogen-bond donors (Lipinski definition) is 2. The summed E-state index contributed by atoms with van der Waals surface area (Å²) in [5.41, 5.74) is 20.2. The number of benzene rings is 1. The van der Waals surface area contributed by atoms with Crippen LogP contribution in [0.25, 0.3) is 0 Å². The molecule has 0 aliphatic heterocycles. The van der Waals surface area contributed by atoms with Gasteiger partial charge in [-0.25, -0.2) is 0 Å². The lowest BCUT2D eigenvalue weighted by Gasteiger charge is -2.23. The van der Waals surface area contributed by atoms with Gasteiger partial charge in [-0.2, -0.15) is 0 Å². The van der Waals surface area contributed by atoms with Gasteiger partial charge in [-0.3, -0.25) is 0 Å². The minimum absolute atomic E-state index is 0.148. The molecule has 0 fully saturated rings. The molecule has 0 saturated heterocycles. The molecule has 0 aliphatic carbocycles. The molecule has 0 aromatic heterocycles. The Hall–Kier alpha value is -0.860. The molecule has 1 rings (SSSR count). The van der Waals surface area contributed by atoms with Crippen LogP contribution in [0.15, 0.2) is 0 Å². The van der Waals surface area contributed by atoms with Crippen LogP contribution in [0.4, 0.5) is 0 Å². The van der Waals surface area contributed by atoms with Gasteiger partial charge in [0, 0.05) is 6.04 Å². The average molecular weight is 248 g/mol. The highest BCUT2D eigenvalue weighted by Crippen LogP contribution is 2.31. The summed E-state index contributed by atoms with van der Waals surface area (Å²) in [6, 6.07) is 0.148. The van der Waals surface area contributed by atoms with Gasteiger partial charge in [-0.15, -0.1) is 0 Å². The summed E-state index contributed by atoms with van der Waals surface area (Å²) in [4.78, 5) is 0. The fourth-order valence-corrected chi connectivity index (χ4v) is 2.74. The molecule has 2 heteroatoms. The first kappa shape index (κ1) is 15.2. The standard InChI is InChI=1S/C16H28N2/c1-10-11(2)13(4)16(14(5)12(10)3)15(18)8-6-7-9-17/h15H,6-9,17-18H2,1-5H3. The van der Waals surface area contributed by atoms with E-state index >= 15 is 0 Å². The van der Waals surface area contributed by atoms with Gasteiger partial charge in [0.1, 0.15) is 0 Å². The molecule has 4 N–H and O–H groups in total. The van der Waals surface area contributed by atoms with Crippen LogP contribution >= 0.6 is 0 Å². The van der Waals surface area contributed by atoms with Crippen molar-refractivity contribution in [2.45, 2.75) is 59.9 Å². The number of unbranched alkanes of at least 4 members (excludes halogenated alkanes) is 1. The maximum Gasteiger partial charge on any atom is 0.0300 e. The Balaban J connectivity index is 3.08. The first-order chi connectivity index (χ1) is 8.41. The van der Waals surface area contributed by atoms with Crippen LogP contribution in [0.3, 0.4) is 0 Å². The SMILES string of the molecule is Cc1c(C)c(C)c(C(N)CCCCN)c(C)c1C. The monoisotopic (exact) mass is 248 g/mol. The van der Waals surface area contributed by atoms with Crippen LogP contribution in [0.1, 0.15) is 58.7 Å². The largest absolute Gasteiger partial charge is 0.330 e. The predicted molar refractivity (Wildman–Crippen MR) is 80.0 cm³/mol. The van der Waals surface area contributed by atoms with Gasteiger partial charge in [0.15, 0.2) is 0 Å². The van der Waals surface area contributed by atoms with Crippen LogP contribution < -0.4 is 11.5 Å². The van der Waals surface area contributed by atoms with Gasteiger partial charge in [-0.05, 0) is 87.4 Å². The lowest BCUT2D eigenvalue weighted by molar-refractivity contribution is 0.585. The van der Waals surface area contributed by atoms with Crippen LogP contribution in [-0.4, -0.2) is 6.54 Å². The number of rotatable bonds is 5. The molecule has 1 aromatic rings. The Morgan fingerprint density at radius 2 is 1.22 bits per heavy atom. The van der Waals surface area contributed by atoms with Crippen molar-refractivity contribution in [3.05, 3.63) is 33.4 Å². The molecule has 0 heterocycles. The van der Waals surface area contributed by atoms with Crippen molar-refractivity contribution >= 4 is 0 Å². The van der Waals surface area contributed by atoms with Crippen LogP contribution in [-0.2, 0) is 0 Å². The summed E-state index contributed by atoms with van der Waals surface area (Å²) in [5.74, 6) is 0. The van der Waals surface area contributed by atoms with Crippen molar-refractivity contribution in [3.8, 4) is 0 Å². The second kappa shape index (κ2) is 6.35. The smallest absolute Gasteiger partial charge is 0.0300 e. The fraction of sp³-hybridized carbons (Fsp3) is 0.625. The maximum absolute atomic E-state index is 6.38. The van der Waals surface area contributed by atoms with Crippen molar-refractivity contribution in [3.63, 3.8) is 0 Å². The first-order valence-electron chi connectivity index (χ1n) is 6.94. The summed E-state index contributed by atoms with van der Waals surface area (Å²) in [7, 11) is 0. The minimum atomic E-state index is 0.148. The lowest BCUT2D eigenvalue weighted by atomic mass is 9.85. The summed E-state index contributed by atoms with van der Waals surface area (Å²) < 4.78 is 0. The summed E-state index contributed by atoms with van der Waals surface area (Å²) in [6.45, 7) is 11.8. The van der Waals surface area contributed by atoms with Gasteiger partial charge in [0.05, 0.1) is 0 Å². The molecular formula is C16H28N2. The lowest BCUT2D eigenvalue weighted by Crippen LogP contribution is -2.16. The van der Waals surface area contributed by atoms with E-state index in [4.69, 9.17) is 11.5 Å². The Kier molecular flexibility index (Phi) is 5.36. The zero-order valence-electron chi connectivity index (χ0n) is 12.6. The molecule has 1 unspecified atom stereocenters. The van der Waals surface area contributed by atoms with E-state index in [1.165, 1.54) is 33.4 Å². The zero-order chi connectivity index (χ0) is 13.9. The quantitative estimate of drug-likeness (QED) is 0.785. The zero-order valence-corrected chi connectivity index (χ0v) is 12.6. The molecule has 102 valence electrons. The van der Waals surface area contributed by atoms with Gasteiger partial charge in [0.2, 0.25) is 0 Å². The highest BCUT2D eigenvalue weighted by atomic mass is 14.6. The maximum atomic E-state index is 6.38. The van der Waals surface area contributed by atoms with E-state index in [9.17, 15) is 0 Å². The summed E-state index contributed by atoms with van der Waals surface area (Å²) >= 11 is 0. The van der Waals surface area contributed by atoms with Crippen molar-refractivity contribution in [2.75, 3.05) is 6.54 Å². The Bertz CT molecular complexity index is 393. The minimum Gasteiger partial charge on any atom is -0.330 e. The molecule has 2 nitrogen and oxygen atoms in total. The molecule has 1 aromatic carbocycles. The molecule has 0 aliphatic rings. The van der Waals surface area contributed by atoms with Crippen LogP contribution in [0, 0.1) is 34.6 Å². The highest BCUT2D eigenvalue weighted by Gasteiger charge is 2.17. The van der Waals surface area contributed by atoms with E-state index in [1.54, 1.807) is 0 Å². The first-order valence-corrected chi connectivity index (χ1v) is 6.94. The predicted octanol–water partition coefficient (Wildman–Crippen LogP) is 3.36. The van der Waals surface area contributed by atoms with Crippen LogP contribution in [0.2, 0.25) is 0 Å². The van der Waals surface area contributed by atoms with Gasteiger partial charge in [0.25, 0.3) is 0 Å². The van der Waals surface area contributed by atoms with Gasteiger partial charge < -0.3 is 11.5 Å². The summed E-state index contributed by atoms with van der Waals surface area (Å²) in [5, 5.41) is 0. The molecule has 0 amide bonds. The fourth-order valence-electron chi connectivity index (χ4n) is 2.74. The molecule has 18 heavy (non-hydrogen) atoms. The van der Waals surface area contributed by atoms with E-state index in [-0.39, 0.29) is 6.04 Å². The molecule has 0 spiro atoms. The Morgan fingerprint density at radius 3 is 1.67 bits per heavy atom. The third kappa shape index (κ3) is 2.93. The molecular weight excluding hydrogens is 220 g/mol. The Labute approximate surface area is 112 Å². The van der Waals surface area contributed by atoms with Crippen molar-refractivity contribution in [2.24, 2.45) is 11.5 Å². The van der Waals surface area contributed by atoms with Crippen molar-refractivity contribution < 1.29 is 0 Å². The highest BCUT2D eigenvalue weighted by molar-refractivity contribution is 5.50. The molecule has 0 radical (unpaired) electrons. The second-order valence-electron chi connectivity index (χ2n) is 5.43. The normalized spacial score (nSPS) is 12.8. The van der Waals surface area contributed by atoms with E-state index in [0.717, 1.165) is 25.8 Å². The van der Waals surface area contributed by atoms with E-state index in [0.29, 0.717) is 0 Å². The number of hydrogen-bond acceptors (Lipinski definition) is 2. The third-order valence-corrected chi connectivity index (χ3v) is 4.40. The average Bonchev–Trinajstić information content (AvgIpc) is 2.34. The topological polar surface area (TPSA) is 52.0 Å². The van der Waals surface area contributed by atoms with E-state index < -0.39 is 0 Å². The summed E-state index contributed by atoms with van der Waals surface area (Å²) in [6.07, 6.45) is 3.21. The third-order valence-electron chi connectivity index (χ3n) is 4.40. The van der Waals surface area contributed by atoms with Crippen LogP contribution in [0.5, 0.6) is 0 Å². The number of nitrogens with two attached hydrogens (primary N) is 2. The molecule has 1 atom stereocenters. The van der Waals surface area contributed by atoms with Gasteiger partial charge in [-0.1, -0.05) is 6.42 Å². The van der Waals surface area contributed by atoms with Crippen molar-refractivity contribution in [1.82, 2.24) is 0 Å².